The van der Waals surface area contributed by atoms with Crippen molar-refractivity contribution in [3.63, 3.8) is 0 Å². The summed E-state index contributed by atoms with van der Waals surface area (Å²) in [5.41, 5.74) is 12.5. The van der Waals surface area contributed by atoms with Gasteiger partial charge in [0.05, 0.1) is 0 Å². The number of hydrogen-bond acceptors (Lipinski definition) is 6. The molecule has 2 rings (SSSR count). The Bertz CT molecular complexity index is 1100. The maximum atomic E-state index is 13.0. The molecule has 0 aromatic heterocycles. The van der Waals surface area contributed by atoms with Crippen LogP contribution in [0.1, 0.15) is 45.7 Å². The summed E-state index contributed by atoms with van der Waals surface area (Å²) >= 11 is 13.8. The number of carbonyl (C=O) groups is 2. The molecule has 2 aromatic carbocycles. The third-order valence-corrected chi connectivity index (χ3v) is 7.99. The van der Waals surface area contributed by atoms with Crippen molar-refractivity contribution in [2.75, 3.05) is 0 Å². The highest BCUT2D eigenvalue weighted by molar-refractivity contribution is 9.11. The van der Waals surface area contributed by atoms with Crippen LogP contribution in [0, 0.1) is 5.41 Å². The van der Waals surface area contributed by atoms with Gasteiger partial charge in [-0.15, -0.1) is 0 Å². The van der Waals surface area contributed by atoms with E-state index in [4.69, 9.17) is 20.9 Å². The predicted molar refractivity (Wildman–Crippen MR) is 157 cm³/mol. The SMILES string of the molecule is CC(C)(C)[C@H](OC(=O)[C@@H](N)Cc1ccc(Br)cc1Br)C(C)(C)OC(=O)[C@@H](N)Cc1ccc(Br)cc1Br. The van der Waals surface area contributed by atoms with Crippen LogP contribution >= 0.6 is 63.7 Å². The molecule has 198 valence electrons. The van der Waals surface area contributed by atoms with Gasteiger partial charge < -0.3 is 20.9 Å². The molecule has 3 atom stereocenters. The summed E-state index contributed by atoms with van der Waals surface area (Å²) in [5, 5.41) is 0. The number of esters is 2. The smallest absolute Gasteiger partial charge is 0.323 e. The van der Waals surface area contributed by atoms with Gasteiger partial charge in [-0.05, 0) is 62.1 Å². The van der Waals surface area contributed by atoms with Gasteiger partial charge in [0.25, 0.3) is 0 Å². The molecule has 10 heteroatoms. The molecule has 0 radical (unpaired) electrons. The molecule has 0 saturated carbocycles. The van der Waals surface area contributed by atoms with Gasteiger partial charge >= 0.3 is 11.9 Å². The van der Waals surface area contributed by atoms with Crippen LogP contribution in [0.5, 0.6) is 0 Å². The van der Waals surface area contributed by atoms with E-state index in [9.17, 15) is 9.59 Å². The minimum atomic E-state index is -1.16. The van der Waals surface area contributed by atoms with Gasteiger partial charge in [0.15, 0.2) is 0 Å². The van der Waals surface area contributed by atoms with Gasteiger partial charge in [0.2, 0.25) is 0 Å². The second-order valence-corrected chi connectivity index (χ2v) is 13.8. The first-order valence-corrected chi connectivity index (χ1v) is 14.5. The molecule has 0 bridgehead atoms. The van der Waals surface area contributed by atoms with Crippen molar-refractivity contribution in [2.24, 2.45) is 16.9 Å². The Hall–Kier alpha value is -0.780. The van der Waals surface area contributed by atoms with Crippen molar-refractivity contribution in [2.45, 2.75) is 71.2 Å². The lowest BCUT2D eigenvalue weighted by Crippen LogP contribution is -2.54. The third-order valence-electron chi connectivity index (χ3n) is 5.53. The van der Waals surface area contributed by atoms with E-state index in [0.717, 1.165) is 29.0 Å². The second-order valence-electron chi connectivity index (χ2n) is 10.3. The summed E-state index contributed by atoms with van der Waals surface area (Å²) in [4.78, 5) is 26.0. The number of ether oxygens (including phenoxy) is 2. The van der Waals surface area contributed by atoms with E-state index in [-0.39, 0.29) is 12.8 Å². The van der Waals surface area contributed by atoms with Crippen LogP contribution in [0.25, 0.3) is 0 Å². The van der Waals surface area contributed by atoms with E-state index < -0.39 is 41.1 Å². The Kier molecular flexibility index (Phi) is 11.2. The highest BCUT2D eigenvalue weighted by Crippen LogP contribution is 2.34. The molecule has 4 N–H and O–H groups in total. The van der Waals surface area contributed by atoms with Gasteiger partial charge in [-0.1, -0.05) is 96.6 Å². The van der Waals surface area contributed by atoms with E-state index in [1.54, 1.807) is 13.8 Å². The van der Waals surface area contributed by atoms with Crippen molar-refractivity contribution in [1.29, 1.82) is 0 Å². The van der Waals surface area contributed by atoms with Crippen LogP contribution in [0.15, 0.2) is 54.3 Å². The van der Waals surface area contributed by atoms with Gasteiger partial charge in [0.1, 0.15) is 23.8 Å². The first kappa shape index (κ1) is 31.4. The summed E-state index contributed by atoms with van der Waals surface area (Å²) < 4.78 is 15.2. The molecule has 0 aliphatic carbocycles. The molecule has 0 aliphatic heterocycles. The number of carbonyl (C=O) groups excluding carboxylic acids is 2. The van der Waals surface area contributed by atoms with Crippen LogP contribution in [0.2, 0.25) is 0 Å². The minimum Gasteiger partial charge on any atom is -0.456 e. The fourth-order valence-electron chi connectivity index (χ4n) is 3.97. The average Bonchev–Trinajstić information content (AvgIpc) is 2.74. The molecule has 36 heavy (non-hydrogen) atoms. The minimum absolute atomic E-state index is 0.287. The zero-order valence-electron chi connectivity index (χ0n) is 20.9. The summed E-state index contributed by atoms with van der Waals surface area (Å²) in [5.74, 6) is -1.15. The Labute approximate surface area is 246 Å². The molecule has 0 heterocycles. The zero-order valence-corrected chi connectivity index (χ0v) is 27.3. The molecule has 0 amide bonds. The Morgan fingerprint density at radius 3 is 1.58 bits per heavy atom. The van der Waals surface area contributed by atoms with E-state index in [1.165, 1.54) is 0 Å². The molecule has 2 aromatic rings. The standard InChI is InChI=1S/C26H32Br4N2O4/c1-25(2,3)24(35-22(33)20(31)10-14-6-8-16(27)12-18(14)29)26(4,5)36-23(34)21(32)11-15-7-9-17(28)13-19(15)30/h6-9,12-13,20-21,24H,10-11,31-32H2,1-5H3/t20-,21-,24-/m0/s1. The highest BCUT2D eigenvalue weighted by Gasteiger charge is 2.45. The van der Waals surface area contributed by atoms with Crippen molar-refractivity contribution in [3.05, 3.63) is 65.4 Å². The lowest BCUT2D eigenvalue weighted by molar-refractivity contribution is -0.195. The van der Waals surface area contributed by atoms with Crippen LogP contribution in [-0.2, 0) is 31.9 Å². The fourth-order valence-corrected chi connectivity index (χ4v) is 6.39. The maximum Gasteiger partial charge on any atom is 0.323 e. The van der Waals surface area contributed by atoms with Crippen LogP contribution in [-0.4, -0.2) is 35.7 Å². The van der Waals surface area contributed by atoms with E-state index in [0.29, 0.717) is 0 Å². The maximum absolute atomic E-state index is 13.0. The zero-order chi connectivity index (χ0) is 27.4. The summed E-state index contributed by atoms with van der Waals surface area (Å²) in [6.07, 6.45) is -0.195. The van der Waals surface area contributed by atoms with Gasteiger partial charge in [-0.3, -0.25) is 9.59 Å². The molecule has 0 spiro atoms. The van der Waals surface area contributed by atoms with E-state index >= 15 is 0 Å². The van der Waals surface area contributed by atoms with Gasteiger partial charge in [-0.2, -0.15) is 0 Å². The predicted octanol–water partition coefficient (Wildman–Crippen LogP) is 6.46. The molecule has 6 nitrogen and oxygen atoms in total. The van der Waals surface area contributed by atoms with Crippen LogP contribution in [0.3, 0.4) is 0 Å². The van der Waals surface area contributed by atoms with E-state index in [2.05, 4.69) is 63.7 Å². The van der Waals surface area contributed by atoms with Crippen LogP contribution < -0.4 is 11.5 Å². The number of rotatable bonds is 9. The quantitative estimate of drug-likeness (QED) is 0.285. The molecule has 0 saturated heterocycles. The van der Waals surface area contributed by atoms with Crippen molar-refractivity contribution in [1.82, 2.24) is 0 Å². The molecule has 0 unspecified atom stereocenters. The molecular formula is C26H32Br4N2O4. The first-order valence-electron chi connectivity index (χ1n) is 11.3. The Balaban J connectivity index is 2.12. The van der Waals surface area contributed by atoms with Crippen LogP contribution in [0.4, 0.5) is 0 Å². The topological polar surface area (TPSA) is 105 Å². The number of hydrogen-bond donors (Lipinski definition) is 2. The number of nitrogens with two attached hydrogens (primary N) is 2. The van der Waals surface area contributed by atoms with Crippen molar-refractivity contribution < 1.29 is 19.1 Å². The van der Waals surface area contributed by atoms with Gasteiger partial charge in [-0.25, -0.2) is 0 Å². The summed E-state index contributed by atoms with van der Waals surface area (Å²) in [6, 6.07) is 9.54. The number of benzene rings is 2. The first-order chi connectivity index (χ1) is 16.5. The lowest BCUT2D eigenvalue weighted by atomic mass is 9.79. The monoisotopic (exact) mass is 752 g/mol. The number of halogens is 4. The lowest BCUT2D eigenvalue weighted by Gasteiger charge is -2.41. The van der Waals surface area contributed by atoms with Gasteiger partial charge in [0, 0.05) is 23.3 Å². The molecule has 0 aliphatic rings. The Morgan fingerprint density at radius 1 is 0.778 bits per heavy atom. The average molecular weight is 756 g/mol. The summed E-state index contributed by atoms with van der Waals surface area (Å²) in [7, 11) is 0. The summed E-state index contributed by atoms with van der Waals surface area (Å²) in [6.45, 7) is 9.17. The van der Waals surface area contributed by atoms with Crippen molar-refractivity contribution in [3.8, 4) is 0 Å². The van der Waals surface area contributed by atoms with E-state index in [1.807, 2.05) is 57.2 Å². The molecular weight excluding hydrogens is 724 g/mol. The largest absolute Gasteiger partial charge is 0.456 e. The molecule has 0 fully saturated rings. The third kappa shape index (κ3) is 8.91. The second kappa shape index (κ2) is 12.8. The highest BCUT2D eigenvalue weighted by atomic mass is 79.9. The fraction of sp³-hybridized carbons (Fsp3) is 0.462. The normalized spacial score (nSPS) is 14.6. The van der Waals surface area contributed by atoms with Crippen molar-refractivity contribution >= 4 is 75.7 Å². The Morgan fingerprint density at radius 2 is 1.19 bits per heavy atom.